The maximum atomic E-state index is 7.07. The van der Waals surface area contributed by atoms with Crippen molar-refractivity contribution in [3.63, 3.8) is 0 Å². The fourth-order valence-corrected chi connectivity index (χ4v) is 8.37. The van der Waals surface area contributed by atoms with Crippen LogP contribution in [0.1, 0.15) is 114 Å². The van der Waals surface area contributed by atoms with E-state index in [0.717, 1.165) is 31.1 Å². The molecule has 3 aliphatic heterocycles. The van der Waals surface area contributed by atoms with Crippen molar-refractivity contribution in [3.8, 4) is 0 Å². The standard InChI is InChI=1S/C30H54O3/c1-10-20(6)11-21(7)25-12-26-28(31-25)23(9)15-30(32-26)14-22(8)24-16-29(19(4)5,13-18(2)3)17-27(24)33-30/h18-28H,10-17H2,1-9H3/t20-,21-,22-,23-,24-,25-,26-,27-,28-,29-,30-/m0/s1. The molecule has 0 aromatic carbocycles. The molecule has 4 aliphatic rings. The predicted molar refractivity (Wildman–Crippen MR) is 136 cm³/mol. The van der Waals surface area contributed by atoms with E-state index in [1.807, 2.05) is 0 Å². The quantitative estimate of drug-likeness (QED) is 0.385. The summed E-state index contributed by atoms with van der Waals surface area (Å²) in [6.07, 6.45) is 10.6. The molecule has 0 N–H and O–H groups in total. The first-order valence-corrected chi connectivity index (χ1v) is 14.5. The van der Waals surface area contributed by atoms with E-state index in [9.17, 15) is 0 Å². The lowest BCUT2D eigenvalue weighted by molar-refractivity contribution is -0.344. The maximum Gasteiger partial charge on any atom is 0.169 e. The molecule has 0 aromatic heterocycles. The maximum absolute atomic E-state index is 7.07. The third-order valence-corrected chi connectivity index (χ3v) is 10.3. The molecule has 1 aliphatic carbocycles. The molecule has 4 rings (SSSR count). The first-order valence-electron chi connectivity index (χ1n) is 14.5. The van der Waals surface area contributed by atoms with Gasteiger partial charge in [0.1, 0.15) is 0 Å². The van der Waals surface area contributed by atoms with Gasteiger partial charge in [0, 0.05) is 19.3 Å². The van der Waals surface area contributed by atoms with Crippen LogP contribution in [0.2, 0.25) is 0 Å². The first-order chi connectivity index (χ1) is 15.5. The minimum atomic E-state index is -0.385. The van der Waals surface area contributed by atoms with Crippen LogP contribution in [0.15, 0.2) is 0 Å². The van der Waals surface area contributed by atoms with Crippen LogP contribution < -0.4 is 0 Å². The highest BCUT2D eigenvalue weighted by Crippen LogP contribution is 2.59. The zero-order valence-corrected chi connectivity index (χ0v) is 23.2. The lowest BCUT2D eigenvalue weighted by Crippen LogP contribution is -2.56. The number of ether oxygens (including phenoxy) is 3. The van der Waals surface area contributed by atoms with Gasteiger partial charge in [-0.3, -0.25) is 0 Å². The molecule has 0 unspecified atom stereocenters. The lowest BCUT2D eigenvalue weighted by Gasteiger charge is -2.51. The molecule has 3 nitrogen and oxygen atoms in total. The second-order valence-corrected chi connectivity index (χ2v) is 13.9. The Bertz CT molecular complexity index is 661. The fraction of sp³-hybridized carbons (Fsp3) is 1.00. The van der Waals surface area contributed by atoms with Gasteiger partial charge >= 0.3 is 0 Å². The van der Waals surface area contributed by atoms with Crippen molar-refractivity contribution in [2.45, 2.75) is 144 Å². The van der Waals surface area contributed by atoms with Crippen molar-refractivity contribution in [1.82, 2.24) is 0 Å². The summed E-state index contributed by atoms with van der Waals surface area (Å²) in [5.41, 5.74) is 0.430. The zero-order chi connectivity index (χ0) is 24.1. The minimum absolute atomic E-state index is 0.203. The molecule has 1 spiro atoms. The molecular formula is C30H54O3. The van der Waals surface area contributed by atoms with Crippen LogP contribution in [-0.2, 0) is 14.2 Å². The molecule has 4 fully saturated rings. The Hall–Kier alpha value is -0.120. The van der Waals surface area contributed by atoms with Crippen LogP contribution in [0.25, 0.3) is 0 Å². The van der Waals surface area contributed by atoms with Crippen molar-refractivity contribution in [3.05, 3.63) is 0 Å². The number of rotatable bonds is 7. The van der Waals surface area contributed by atoms with Crippen LogP contribution in [0, 0.1) is 46.8 Å². The highest BCUT2D eigenvalue weighted by molar-refractivity contribution is 5.05. The van der Waals surface area contributed by atoms with E-state index in [2.05, 4.69) is 62.3 Å². The second kappa shape index (κ2) is 9.74. The third kappa shape index (κ3) is 5.08. The van der Waals surface area contributed by atoms with Crippen LogP contribution in [0.4, 0.5) is 0 Å². The van der Waals surface area contributed by atoms with Crippen molar-refractivity contribution in [2.24, 2.45) is 46.8 Å². The van der Waals surface area contributed by atoms with E-state index in [-0.39, 0.29) is 18.0 Å². The summed E-state index contributed by atoms with van der Waals surface area (Å²) in [5.74, 6) is 4.30. The number of fused-ring (bicyclic) bond motifs is 2. The third-order valence-electron chi connectivity index (χ3n) is 10.3. The van der Waals surface area contributed by atoms with Crippen LogP contribution in [0.3, 0.4) is 0 Å². The minimum Gasteiger partial charge on any atom is -0.372 e. The van der Waals surface area contributed by atoms with Crippen LogP contribution in [-0.4, -0.2) is 30.2 Å². The van der Waals surface area contributed by atoms with Gasteiger partial charge in [0.15, 0.2) is 5.79 Å². The molecule has 0 radical (unpaired) electrons. The molecule has 3 heteroatoms. The van der Waals surface area contributed by atoms with Gasteiger partial charge in [-0.05, 0) is 72.5 Å². The van der Waals surface area contributed by atoms with Crippen molar-refractivity contribution >= 4 is 0 Å². The number of hydrogen-bond donors (Lipinski definition) is 0. The predicted octanol–water partition coefficient (Wildman–Crippen LogP) is 7.86. The molecule has 1 saturated carbocycles. The van der Waals surface area contributed by atoms with Gasteiger partial charge in [0.05, 0.1) is 24.4 Å². The van der Waals surface area contributed by atoms with E-state index < -0.39 is 0 Å². The smallest absolute Gasteiger partial charge is 0.169 e. The van der Waals surface area contributed by atoms with Gasteiger partial charge in [-0.15, -0.1) is 0 Å². The Labute approximate surface area is 205 Å². The summed E-state index contributed by atoms with van der Waals surface area (Å²) in [6, 6.07) is 0. The van der Waals surface area contributed by atoms with Gasteiger partial charge in [0.2, 0.25) is 0 Å². The summed E-state index contributed by atoms with van der Waals surface area (Å²) >= 11 is 0. The highest BCUT2D eigenvalue weighted by atomic mass is 16.7. The second-order valence-electron chi connectivity index (χ2n) is 13.9. The van der Waals surface area contributed by atoms with Gasteiger partial charge in [-0.1, -0.05) is 68.7 Å². The SMILES string of the molecule is CC[C@H](C)C[C@H](C)[C@@H]1C[C@@H]2O[C@]3(C[C@H](C)[C@@H]4C[C@](CC(C)C)(C(C)C)C[C@@H]4O3)C[C@H](C)[C@@H]2O1. The Morgan fingerprint density at radius 2 is 1.52 bits per heavy atom. The topological polar surface area (TPSA) is 27.7 Å². The van der Waals surface area contributed by atoms with Crippen molar-refractivity contribution < 1.29 is 14.2 Å². The summed E-state index contributed by atoms with van der Waals surface area (Å²) < 4.78 is 20.7. The molecule has 3 saturated heterocycles. The Kier molecular flexibility index (Phi) is 7.66. The molecule has 0 bridgehead atoms. The van der Waals surface area contributed by atoms with E-state index in [1.165, 1.54) is 32.1 Å². The Balaban J connectivity index is 1.46. The van der Waals surface area contributed by atoms with E-state index in [4.69, 9.17) is 14.2 Å². The Morgan fingerprint density at radius 1 is 0.848 bits per heavy atom. The number of hydrogen-bond acceptors (Lipinski definition) is 3. The normalized spacial score (nSPS) is 47.2. The molecule has 33 heavy (non-hydrogen) atoms. The largest absolute Gasteiger partial charge is 0.372 e. The summed E-state index contributed by atoms with van der Waals surface area (Å²) in [4.78, 5) is 0. The lowest BCUT2D eigenvalue weighted by atomic mass is 9.69. The van der Waals surface area contributed by atoms with E-state index in [0.29, 0.717) is 47.2 Å². The molecular weight excluding hydrogens is 408 g/mol. The van der Waals surface area contributed by atoms with Gasteiger partial charge < -0.3 is 14.2 Å². The fourth-order valence-electron chi connectivity index (χ4n) is 8.37. The molecule has 0 amide bonds. The average molecular weight is 463 g/mol. The first kappa shape index (κ1) is 26.0. The van der Waals surface area contributed by atoms with Gasteiger partial charge in [-0.25, -0.2) is 0 Å². The Morgan fingerprint density at radius 3 is 2.15 bits per heavy atom. The summed E-state index contributed by atoms with van der Waals surface area (Å²) in [7, 11) is 0. The van der Waals surface area contributed by atoms with Crippen molar-refractivity contribution in [1.29, 1.82) is 0 Å². The molecule has 192 valence electrons. The molecule has 0 aromatic rings. The average Bonchev–Trinajstić information content (AvgIpc) is 3.30. The van der Waals surface area contributed by atoms with E-state index in [1.54, 1.807) is 0 Å². The highest BCUT2D eigenvalue weighted by Gasteiger charge is 2.59. The monoisotopic (exact) mass is 462 g/mol. The summed E-state index contributed by atoms with van der Waals surface area (Å²) in [6.45, 7) is 21.6. The molecule has 11 atom stereocenters. The molecule has 3 heterocycles. The van der Waals surface area contributed by atoms with E-state index >= 15 is 0 Å². The van der Waals surface area contributed by atoms with Gasteiger partial charge in [0.25, 0.3) is 0 Å². The van der Waals surface area contributed by atoms with Crippen LogP contribution in [0.5, 0.6) is 0 Å². The van der Waals surface area contributed by atoms with Gasteiger partial charge in [-0.2, -0.15) is 0 Å². The zero-order valence-electron chi connectivity index (χ0n) is 23.2. The summed E-state index contributed by atoms with van der Waals surface area (Å²) in [5, 5.41) is 0. The van der Waals surface area contributed by atoms with Crippen LogP contribution >= 0.6 is 0 Å². The van der Waals surface area contributed by atoms with Crippen molar-refractivity contribution in [2.75, 3.05) is 0 Å².